The molecule has 2 aromatic rings. The molecule has 1 aromatic heterocycles. The van der Waals surface area contributed by atoms with E-state index in [0.717, 1.165) is 37.9 Å². The first-order valence-corrected chi connectivity index (χ1v) is 11.6. The number of nitrogens with zero attached hydrogens (tertiary/aromatic N) is 2. The first kappa shape index (κ1) is 22.0. The number of carbonyl (C=O) groups excluding carboxylic acids is 1. The molecular formula is C22H28N4O3S. The van der Waals surface area contributed by atoms with Gasteiger partial charge in [-0.25, -0.2) is 13.2 Å². The minimum absolute atomic E-state index is 0.212. The van der Waals surface area contributed by atoms with Gasteiger partial charge in [-0.3, -0.25) is 9.88 Å². The van der Waals surface area contributed by atoms with Gasteiger partial charge in [0, 0.05) is 18.1 Å². The number of hydrogen-bond acceptors (Lipinski definition) is 5. The van der Waals surface area contributed by atoms with Gasteiger partial charge in [0.25, 0.3) is 0 Å². The normalized spacial score (nSPS) is 17.0. The van der Waals surface area contributed by atoms with Crippen molar-refractivity contribution in [1.82, 2.24) is 15.2 Å². The number of amides is 2. The number of piperidine rings is 1. The lowest BCUT2D eigenvalue weighted by Gasteiger charge is -2.32. The highest BCUT2D eigenvalue weighted by molar-refractivity contribution is 7.92. The van der Waals surface area contributed by atoms with E-state index in [1.54, 1.807) is 24.5 Å². The summed E-state index contributed by atoms with van der Waals surface area (Å²) < 4.78 is 26.2. The average Bonchev–Trinajstić information content (AvgIpc) is 2.75. The molecule has 0 aliphatic carbocycles. The van der Waals surface area contributed by atoms with E-state index < -0.39 is 15.2 Å². The Kier molecular flexibility index (Phi) is 7.23. The van der Waals surface area contributed by atoms with Crippen molar-refractivity contribution in [1.29, 1.82) is 0 Å². The summed E-state index contributed by atoms with van der Waals surface area (Å²) >= 11 is 0. The Balaban J connectivity index is 1.65. The third kappa shape index (κ3) is 5.25. The molecule has 3 rings (SSSR count). The largest absolute Gasteiger partial charge is 0.331 e. The molecule has 2 amide bonds. The number of nitrogens with one attached hydrogen (secondary N) is 2. The molecule has 2 unspecified atom stereocenters. The Labute approximate surface area is 178 Å². The van der Waals surface area contributed by atoms with E-state index in [-0.39, 0.29) is 17.0 Å². The van der Waals surface area contributed by atoms with E-state index in [1.807, 2.05) is 24.0 Å². The Bertz CT molecular complexity index is 956. The molecule has 8 heteroatoms. The number of carbonyl (C=O) groups is 1. The maximum Gasteiger partial charge on any atom is 0.319 e. The molecule has 1 aliphatic heterocycles. The molecular weight excluding hydrogens is 400 g/mol. The minimum Gasteiger partial charge on any atom is -0.331 e. The average molecular weight is 429 g/mol. The van der Waals surface area contributed by atoms with E-state index in [2.05, 4.69) is 22.2 Å². The number of benzene rings is 1. The highest BCUT2D eigenvalue weighted by Gasteiger charge is 2.31. The number of rotatable bonds is 7. The molecule has 0 saturated carbocycles. The Morgan fingerprint density at radius 3 is 2.47 bits per heavy atom. The van der Waals surface area contributed by atoms with Crippen LogP contribution in [0.2, 0.25) is 0 Å². The van der Waals surface area contributed by atoms with Crippen molar-refractivity contribution in [3.63, 3.8) is 0 Å². The van der Waals surface area contributed by atoms with E-state index in [9.17, 15) is 13.2 Å². The van der Waals surface area contributed by atoms with Crippen molar-refractivity contribution in [2.24, 2.45) is 0 Å². The van der Waals surface area contributed by atoms with Gasteiger partial charge < -0.3 is 10.6 Å². The van der Waals surface area contributed by atoms with Crippen molar-refractivity contribution in [2.45, 2.75) is 42.5 Å². The number of pyridine rings is 1. The zero-order chi connectivity index (χ0) is 21.6. The highest BCUT2D eigenvalue weighted by atomic mass is 32.2. The number of likely N-dealkylation sites (tertiary alicyclic amines) is 1. The molecule has 7 nitrogen and oxygen atoms in total. The first-order chi connectivity index (χ1) is 14.4. The maximum atomic E-state index is 13.1. The van der Waals surface area contributed by atoms with Crippen LogP contribution in [0.5, 0.6) is 0 Å². The predicted octanol–water partition coefficient (Wildman–Crippen LogP) is 3.74. The molecule has 0 bridgehead atoms. The molecule has 2 heterocycles. The molecule has 0 radical (unpaired) electrons. The van der Waals surface area contributed by atoms with Crippen LogP contribution in [0.3, 0.4) is 0 Å². The topological polar surface area (TPSA) is 91.4 Å². The molecule has 2 atom stereocenters. The highest BCUT2D eigenvalue weighted by Crippen LogP contribution is 2.24. The fraction of sp³-hybridized carbons (Fsp3) is 0.364. The number of hydrogen-bond donors (Lipinski definition) is 2. The van der Waals surface area contributed by atoms with Crippen molar-refractivity contribution in [3.05, 3.63) is 67.0 Å². The van der Waals surface area contributed by atoms with E-state index in [4.69, 9.17) is 0 Å². The summed E-state index contributed by atoms with van der Waals surface area (Å²) in [5.74, 6) is 0. The van der Waals surface area contributed by atoms with Gasteiger partial charge in [-0.15, -0.1) is 6.58 Å². The lowest BCUT2D eigenvalue weighted by Crippen LogP contribution is -2.42. The maximum absolute atomic E-state index is 13.1. The van der Waals surface area contributed by atoms with Crippen LogP contribution in [0, 0.1) is 0 Å². The van der Waals surface area contributed by atoms with Crippen LogP contribution in [0.1, 0.15) is 37.8 Å². The molecule has 1 fully saturated rings. The number of anilines is 1. The van der Waals surface area contributed by atoms with Gasteiger partial charge in [0.2, 0.25) is 0 Å². The fourth-order valence-corrected chi connectivity index (χ4v) is 5.24. The van der Waals surface area contributed by atoms with Crippen LogP contribution < -0.4 is 10.6 Å². The van der Waals surface area contributed by atoms with Gasteiger partial charge in [0.05, 0.1) is 10.9 Å². The van der Waals surface area contributed by atoms with E-state index in [0.29, 0.717) is 5.69 Å². The van der Waals surface area contributed by atoms with Crippen molar-refractivity contribution in [3.8, 4) is 0 Å². The second kappa shape index (κ2) is 9.86. The number of sulfone groups is 1. The standard InChI is InChI=1S/C22H28N4O3S/c1-3-21(26-14-5-4-6-15-26)30(28,29)20-11-9-19(10-12-20)25-22(27)24-17(2)18-8-7-13-23-16-18/h3,7-13,16-17,21H,1,4-6,14-15H2,2H3,(H2,24,25,27). The SMILES string of the molecule is C=CC(N1CCCCC1)S(=O)(=O)c1ccc(NC(=O)NC(C)c2cccnc2)cc1. The van der Waals surface area contributed by atoms with Crippen LogP contribution in [-0.2, 0) is 9.84 Å². The van der Waals surface area contributed by atoms with Gasteiger partial charge in [-0.05, 0) is 68.8 Å². The molecule has 1 aromatic carbocycles. The van der Waals surface area contributed by atoms with Gasteiger partial charge >= 0.3 is 6.03 Å². The summed E-state index contributed by atoms with van der Waals surface area (Å²) in [4.78, 5) is 18.5. The molecule has 0 spiro atoms. The number of aromatic nitrogens is 1. The van der Waals surface area contributed by atoms with E-state index >= 15 is 0 Å². The zero-order valence-electron chi connectivity index (χ0n) is 17.1. The van der Waals surface area contributed by atoms with Crippen LogP contribution >= 0.6 is 0 Å². The van der Waals surface area contributed by atoms with Gasteiger partial charge in [-0.1, -0.05) is 18.6 Å². The van der Waals surface area contributed by atoms with Gasteiger partial charge in [0.1, 0.15) is 5.37 Å². The second-order valence-electron chi connectivity index (χ2n) is 7.40. The minimum atomic E-state index is -3.58. The number of urea groups is 1. The third-order valence-electron chi connectivity index (χ3n) is 5.24. The van der Waals surface area contributed by atoms with Gasteiger partial charge in [-0.2, -0.15) is 0 Å². The third-order valence-corrected chi connectivity index (χ3v) is 7.30. The fourth-order valence-electron chi connectivity index (χ4n) is 3.59. The molecule has 2 N–H and O–H groups in total. The molecule has 1 aliphatic rings. The van der Waals surface area contributed by atoms with Crippen LogP contribution in [0.25, 0.3) is 0 Å². The molecule has 30 heavy (non-hydrogen) atoms. The Morgan fingerprint density at radius 1 is 1.17 bits per heavy atom. The lowest BCUT2D eigenvalue weighted by atomic mass is 10.1. The Hall–Kier alpha value is -2.71. The van der Waals surface area contributed by atoms with Crippen molar-refractivity contribution in [2.75, 3.05) is 18.4 Å². The zero-order valence-corrected chi connectivity index (χ0v) is 17.9. The summed E-state index contributed by atoms with van der Waals surface area (Å²) in [5.41, 5.74) is 1.40. The smallest absolute Gasteiger partial charge is 0.319 e. The summed E-state index contributed by atoms with van der Waals surface area (Å²) in [7, 11) is -3.58. The molecule has 1 saturated heterocycles. The summed E-state index contributed by atoms with van der Waals surface area (Å²) in [6.07, 6.45) is 7.99. The van der Waals surface area contributed by atoms with Crippen LogP contribution in [0.15, 0.2) is 66.3 Å². The van der Waals surface area contributed by atoms with Crippen molar-refractivity contribution < 1.29 is 13.2 Å². The lowest BCUT2D eigenvalue weighted by molar-refractivity contribution is 0.229. The summed E-state index contributed by atoms with van der Waals surface area (Å²) in [6.45, 7) is 7.12. The Morgan fingerprint density at radius 2 is 1.87 bits per heavy atom. The monoisotopic (exact) mass is 428 g/mol. The molecule has 160 valence electrons. The van der Waals surface area contributed by atoms with Crippen molar-refractivity contribution >= 4 is 21.6 Å². The summed E-state index contributed by atoms with van der Waals surface area (Å²) in [5, 5.41) is 4.83. The van der Waals surface area contributed by atoms with Crippen LogP contribution in [0.4, 0.5) is 10.5 Å². The first-order valence-electron chi connectivity index (χ1n) is 10.1. The van der Waals surface area contributed by atoms with Crippen LogP contribution in [-0.4, -0.2) is 42.8 Å². The predicted molar refractivity (Wildman–Crippen MR) is 118 cm³/mol. The van der Waals surface area contributed by atoms with Gasteiger partial charge in [0.15, 0.2) is 9.84 Å². The second-order valence-corrected chi connectivity index (χ2v) is 9.44. The quantitative estimate of drug-likeness (QED) is 0.656. The van der Waals surface area contributed by atoms with E-state index in [1.165, 1.54) is 18.2 Å². The summed E-state index contributed by atoms with van der Waals surface area (Å²) in [6, 6.07) is 9.34.